The van der Waals surface area contributed by atoms with Gasteiger partial charge in [-0.15, -0.1) is 0 Å². The Morgan fingerprint density at radius 3 is 2.25 bits per heavy atom. The Balaban J connectivity index is 2.23. The standard InChI is InChI=1S/C16H25NO2S/c1-4-5-14-6-10-16(11-7-14)20(18,19)17(12-13(2)3)15-8-9-15/h6-7,10-11,13,15H,4-5,8-9,12H2,1-3H3. The molecule has 3 nitrogen and oxygen atoms in total. The molecule has 112 valence electrons. The maximum absolute atomic E-state index is 12.7. The third kappa shape index (κ3) is 3.61. The van der Waals surface area contributed by atoms with Gasteiger partial charge in [-0.1, -0.05) is 39.3 Å². The van der Waals surface area contributed by atoms with Crippen molar-refractivity contribution in [2.45, 2.75) is 57.4 Å². The highest BCUT2D eigenvalue weighted by atomic mass is 32.2. The number of sulfonamides is 1. The number of hydrogen-bond donors (Lipinski definition) is 0. The number of hydrogen-bond acceptors (Lipinski definition) is 2. The molecule has 1 aliphatic rings. The van der Waals surface area contributed by atoms with E-state index in [1.807, 2.05) is 12.1 Å². The van der Waals surface area contributed by atoms with Crippen LogP contribution in [0.4, 0.5) is 0 Å². The minimum atomic E-state index is -3.33. The van der Waals surface area contributed by atoms with Gasteiger partial charge in [0, 0.05) is 12.6 Å². The topological polar surface area (TPSA) is 37.4 Å². The van der Waals surface area contributed by atoms with Gasteiger partial charge in [0.1, 0.15) is 0 Å². The molecular weight excluding hydrogens is 270 g/mol. The lowest BCUT2D eigenvalue weighted by molar-refractivity contribution is 0.360. The molecule has 1 aliphatic carbocycles. The fourth-order valence-corrected chi connectivity index (χ4v) is 4.27. The zero-order chi connectivity index (χ0) is 14.8. The summed E-state index contributed by atoms with van der Waals surface area (Å²) >= 11 is 0. The van der Waals surface area contributed by atoms with Gasteiger partial charge in [-0.3, -0.25) is 0 Å². The Labute approximate surface area is 123 Å². The van der Waals surface area contributed by atoms with Gasteiger partial charge in [0.15, 0.2) is 0 Å². The second kappa shape index (κ2) is 6.27. The summed E-state index contributed by atoms with van der Waals surface area (Å²) in [5.74, 6) is 0.352. The van der Waals surface area contributed by atoms with Crippen molar-refractivity contribution in [2.24, 2.45) is 5.92 Å². The highest BCUT2D eigenvalue weighted by Crippen LogP contribution is 2.32. The molecule has 0 amide bonds. The quantitative estimate of drug-likeness (QED) is 0.772. The summed E-state index contributed by atoms with van der Waals surface area (Å²) in [5, 5.41) is 0. The molecule has 20 heavy (non-hydrogen) atoms. The van der Waals surface area contributed by atoms with Crippen LogP contribution in [0.5, 0.6) is 0 Å². The number of rotatable bonds is 7. The lowest BCUT2D eigenvalue weighted by Crippen LogP contribution is -2.36. The van der Waals surface area contributed by atoms with Crippen molar-refractivity contribution >= 4 is 10.0 Å². The van der Waals surface area contributed by atoms with Crippen molar-refractivity contribution < 1.29 is 8.42 Å². The van der Waals surface area contributed by atoms with E-state index in [0.29, 0.717) is 17.4 Å². The van der Waals surface area contributed by atoms with E-state index in [9.17, 15) is 8.42 Å². The molecule has 0 radical (unpaired) electrons. The van der Waals surface area contributed by atoms with Crippen LogP contribution in [-0.2, 0) is 16.4 Å². The Bertz CT molecular complexity index is 530. The van der Waals surface area contributed by atoms with E-state index in [4.69, 9.17) is 0 Å². The third-order valence-corrected chi connectivity index (χ3v) is 5.50. The van der Waals surface area contributed by atoms with Crippen LogP contribution in [-0.4, -0.2) is 25.3 Å². The van der Waals surface area contributed by atoms with Crippen LogP contribution >= 0.6 is 0 Å². The minimum Gasteiger partial charge on any atom is -0.207 e. The second-order valence-electron chi connectivity index (χ2n) is 6.09. The van der Waals surface area contributed by atoms with E-state index in [0.717, 1.165) is 25.7 Å². The van der Waals surface area contributed by atoms with Gasteiger partial charge in [-0.2, -0.15) is 4.31 Å². The summed E-state index contributed by atoms with van der Waals surface area (Å²) in [6.45, 7) is 6.87. The van der Waals surface area contributed by atoms with Gasteiger partial charge in [-0.05, 0) is 42.9 Å². The summed E-state index contributed by atoms with van der Waals surface area (Å²) in [6.07, 6.45) is 4.08. The average molecular weight is 295 g/mol. The molecule has 0 aromatic heterocycles. The van der Waals surface area contributed by atoms with Crippen LogP contribution in [0.15, 0.2) is 29.2 Å². The first-order valence-corrected chi connectivity index (χ1v) is 9.00. The third-order valence-electron chi connectivity index (χ3n) is 3.57. The predicted octanol–water partition coefficient (Wildman–Crippen LogP) is 3.45. The largest absolute Gasteiger partial charge is 0.243 e. The van der Waals surface area contributed by atoms with E-state index < -0.39 is 10.0 Å². The van der Waals surface area contributed by atoms with Gasteiger partial charge in [0.05, 0.1) is 4.90 Å². The van der Waals surface area contributed by atoms with Crippen LogP contribution < -0.4 is 0 Å². The van der Waals surface area contributed by atoms with Crippen molar-refractivity contribution in [1.29, 1.82) is 0 Å². The first-order valence-electron chi connectivity index (χ1n) is 7.56. The average Bonchev–Trinajstić information content (AvgIpc) is 3.21. The number of nitrogens with zero attached hydrogens (tertiary/aromatic N) is 1. The van der Waals surface area contributed by atoms with E-state index in [-0.39, 0.29) is 6.04 Å². The summed E-state index contributed by atoms with van der Waals surface area (Å²) in [4.78, 5) is 0.435. The molecule has 1 fully saturated rings. The fourth-order valence-electron chi connectivity index (χ4n) is 2.42. The van der Waals surface area contributed by atoms with Gasteiger partial charge in [0.25, 0.3) is 0 Å². The van der Waals surface area contributed by atoms with Crippen molar-refractivity contribution in [3.05, 3.63) is 29.8 Å². The Morgan fingerprint density at radius 1 is 1.20 bits per heavy atom. The zero-order valence-electron chi connectivity index (χ0n) is 12.7. The molecule has 0 unspecified atom stereocenters. The lowest BCUT2D eigenvalue weighted by atomic mass is 10.1. The van der Waals surface area contributed by atoms with Crippen LogP contribution in [0.2, 0.25) is 0 Å². The van der Waals surface area contributed by atoms with Gasteiger partial charge in [0.2, 0.25) is 10.0 Å². The molecule has 0 bridgehead atoms. The van der Waals surface area contributed by atoms with Crippen molar-refractivity contribution in [3.8, 4) is 0 Å². The maximum Gasteiger partial charge on any atom is 0.243 e. The first kappa shape index (κ1) is 15.5. The monoisotopic (exact) mass is 295 g/mol. The van der Waals surface area contributed by atoms with Crippen molar-refractivity contribution in [1.82, 2.24) is 4.31 Å². The van der Waals surface area contributed by atoms with Crippen LogP contribution in [0.1, 0.15) is 45.6 Å². The molecule has 0 heterocycles. The summed E-state index contributed by atoms with van der Waals surface area (Å²) in [5.41, 5.74) is 1.20. The van der Waals surface area contributed by atoms with Gasteiger partial charge >= 0.3 is 0 Å². The fraction of sp³-hybridized carbons (Fsp3) is 0.625. The molecule has 2 rings (SSSR count). The number of aryl methyl sites for hydroxylation is 1. The summed E-state index contributed by atoms with van der Waals surface area (Å²) in [6, 6.07) is 7.62. The molecule has 0 aliphatic heterocycles. The molecule has 0 atom stereocenters. The van der Waals surface area contributed by atoms with E-state index in [2.05, 4.69) is 20.8 Å². The smallest absolute Gasteiger partial charge is 0.207 e. The van der Waals surface area contributed by atoms with Crippen LogP contribution in [0, 0.1) is 5.92 Å². The minimum absolute atomic E-state index is 0.220. The van der Waals surface area contributed by atoms with E-state index >= 15 is 0 Å². The van der Waals surface area contributed by atoms with Gasteiger partial charge in [-0.25, -0.2) is 8.42 Å². The van der Waals surface area contributed by atoms with Gasteiger partial charge < -0.3 is 0 Å². The molecular formula is C16H25NO2S. The maximum atomic E-state index is 12.7. The number of benzene rings is 1. The highest BCUT2D eigenvalue weighted by molar-refractivity contribution is 7.89. The van der Waals surface area contributed by atoms with E-state index in [1.54, 1.807) is 16.4 Å². The van der Waals surface area contributed by atoms with Crippen molar-refractivity contribution in [3.63, 3.8) is 0 Å². The highest BCUT2D eigenvalue weighted by Gasteiger charge is 2.38. The summed E-state index contributed by atoms with van der Waals surface area (Å²) in [7, 11) is -3.33. The molecule has 4 heteroatoms. The molecule has 0 spiro atoms. The van der Waals surface area contributed by atoms with Crippen molar-refractivity contribution in [2.75, 3.05) is 6.54 Å². The molecule has 1 aromatic rings. The molecule has 0 N–H and O–H groups in total. The summed E-state index contributed by atoms with van der Waals surface area (Å²) < 4.78 is 27.2. The SMILES string of the molecule is CCCc1ccc(S(=O)(=O)N(CC(C)C)C2CC2)cc1. The molecule has 1 aromatic carbocycles. The first-order chi connectivity index (χ1) is 9.45. The zero-order valence-corrected chi connectivity index (χ0v) is 13.5. The second-order valence-corrected chi connectivity index (χ2v) is 7.98. The molecule has 0 saturated heterocycles. The predicted molar refractivity (Wildman–Crippen MR) is 82.2 cm³/mol. The van der Waals surface area contributed by atoms with Crippen LogP contribution in [0.25, 0.3) is 0 Å². The van der Waals surface area contributed by atoms with E-state index in [1.165, 1.54) is 5.56 Å². The Hall–Kier alpha value is -0.870. The molecule has 1 saturated carbocycles. The Morgan fingerprint density at radius 2 is 1.80 bits per heavy atom. The van der Waals surface area contributed by atoms with Crippen LogP contribution in [0.3, 0.4) is 0 Å². The lowest BCUT2D eigenvalue weighted by Gasteiger charge is -2.23. The normalized spacial score (nSPS) is 16.1. The Kier molecular flexibility index (Phi) is 4.86.